The summed E-state index contributed by atoms with van der Waals surface area (Å²) in [5.41, 5.74) is -0.357. The zero-order valence-electron chi connectivity index (χ0n) is 15.3. The number of fused-ring (bicyclic) bond motifs is 1. The number of carbonyl (C=O) groups is 1. The van der Waals surface area contributed by atoms with Crippen LogP contribution in [-0.4, -0.2) is 41.6 Å². The fraction of sp³-hybridized carbons (Fsp3) is 0.625. The predicted octanol–water partition coefficient (Wildman–Crippen LogP) is 0.640. The van der Waals surface area contributed by atoms with Crippen molar-refractivity contribution < 1.29 is 4.79 Å². The highest BCUT2D eigenvalue weighted by molar-refractivity contribution is 5.83. The maximum absolute atomic E-state index is 12.9. The Kier molecular flexibility index (Phi) is 4.68. The van der Waals surface area contributed by atoms with Gasteiger partial charge in [0.05, 0.1) is 6.33 Å². The molecule has 0 aliphatic rings. The van der Waals surface area contributed by atoms with E-state index in [0.717, 1.165) is 4.57 Å². The summed E-state index contributed by atoms with van der Waals surface area (Å²) in [4.78, 5) is 43.4. The van der Waals surface area contributed by atoms with E-state index in [0.29, 0.717) is 0 Å². The third kappa shape index (κ3) is 2.65. The van der Waals surface area contributed by atoms with Gasteiger partial charge in [-0.05, 0) is 34.6 Å². The highest BCUT2D eigenvalue weighted by Gasteiger charge is 2.28. The summed E-state index contributed by atoms with van der Waals surface area (Å²) in [5, 5.41) is 0. The number of nitrogens with zero attached hydrogens (tertiary/aromatic N) is 5. The van der Waals surface area contributed by atoms with E-state index in [1.165, 1.54) is 17.9 Å². The maximum atomic E-state index is 12.9. The molecule has 0 spiro atoms. The average molecular weight is 335 g/mol. The summed E-state index contributed by atoms with van der Waals surface area (Å²) in [6, 6.07) is -0.506. The number of aryl methyl sites for hydroxylation is 1. The zero-order valence-corrected chi connectivity index (χ0v) is 15.3. The minimum atomic E-state index is -0.593. The van der Waals surface area contributed by atoms with Crippen LogP contribution < -0.4 is 11.2 Å². The third-order valence-electron chi connectivity index (χ3n) is 4.32. The van der Waals surface area contributed by atoms with Crippen LogP contribution in [0.25, 0.3) is 11.2 Å². The summed E-state index contributed by atoms with van der Waals surface area (Å²) >= 11 is 0. The van der Waals surface area contributed by atoms with Crippen molar-refractivity contribution in [3.63, 3.8) is 0 Å². The summed E-state index contributed by atoms with van der Waals surface area (Å²) in [5.74, 6) is -0.0878. The van der Waals surface area contributed by atoms with Crippen LogP contribution in [0.3, 0.4) is 0 Å². The first-order chi connectivity index (χ1) is 11.1. The Labute approximate surface area is 140 Å². The minimum Gasteiger partial charge on any atom is -0.336 e. The monoisotopic (exact) mass is 335 g/mol. The zero-order chi connectivity index (χ0) is 18.3. The summed E-state index contributed by atoms with van der Waals surface area (Å²) in [6.45, 7) is 9.57. The Morgan fingerprint density at radius 1 is 1.04 bits per heavy atom. The van der Waals surface area contributed by atoms with Crippen LogP contribution in [0.4, 0.5) is 0 Å². The van der Waals surface area contributed by atoms with Gasteiger partial charge < -0.3 is 9.47 Å². The van der Waals surface area contributed by atoms with E-state index in [2.05, 4.69) is 4.98 Å². The van der Waals surface area contributed by atoms with E-state index < -0.39 is 17.3 Å². The maximum Gasteiger partial charge on any atom is 0.332 e. The van der Waals surface area contributed by atoms with Gasteiger partial charge in [0, 0.05) is 26.2 Å². The topological polar surface area (TPSA) is 82.1 Å². The van der Waals surface area contributed by atoms with Gasteiger partial charge in [-0.15, -0.1) is 0 Å². The Hall–Kier alpha value is -2.38. The molecule has 0 N–H and O–H groups in total. The quantitative estimate of drug-likeness (QED) is 0.821. The normalized spacial score (nSPS) is 13.0. The molecule has 8 nitrogen and oxygen atoms in total. The van der Waals surface area contributed by atoms with Crippen molar-refractivity contribution in [3.8, 4) is 0 Å². The van der Waals surface area contributed by atoms with Crippen molar-refractivity contribution in [2.24, 2.45) is 14.1 Å². The Morgan fingerprint density at radius 3 is 2.08 bits per heavy atom. The molecule has 0 aliphatic carbocycles. The Bertz CT molecular complexity index is 879. The minimum absolute atomic E-state index is 0.0434. The number of aromatic nitrogens is 4. The molecule has 132 valence electrons. The number of amides is 1. The molecule has 0 aliphatic heterocycles. The van der Waals surface area contributed by atoms with Crippen LogP contribution in [0, 0.1) is 0 Å². The van der Waals surface area contributed by atoms with Crippen LogP contribution in [0.15, 0.2) is 15.9 Å². The van der Waals surface area contributed by atoms with Crippen LogP contribution >= 0.6 is 0 Å². The predicted molar refractivity (Wildman–Crippen MR) is 92.0 cm³/mol. The van der Waals surface area contributed by atoms with E-state index in [9.17, 15) is 14.4 Å². The SMILES string of the molecule is CC(C)N(C(=O)C(C)n1cnc2c1c(=O)n(C)c(=O)n2C)C(C)C. The van der Waals surface area contributed by atoms with Crippen molar-refractivity contribution in [3.05, 3.63) is 27.2 Å². The Morgan fingerprint density at radius 2 is 1.58 bits per heavy atom. The van der Waals surface area contributed by atoms with Crippen LogP contribution in [0.1, 0.15) is 40.7 Å². The fourth-order valence-corrected chi connectivity index (χ4v) is 3.10. The first kappa shape index (κ1) is 18.0. The molecule has 2 rings (SSSR count). The van der Waals surface area contributed by atoms with Crippen molar-refractivity contribution in [1.82, 2.24) is 23.6 Å². The lowest BCUT2D eigenvalue weighted by atomic mass is 10.1. The number of imidazole rings is 1. The molecule has 0 fully saturated rings. The van der Waals surface area contributed by atoms with Gasteiger partial charge in [-0.1, -0.05) is 0 Å². The summed E-state index contributed by atoms with van der Waals surface area (Å²) < 4.78 is 3.89. The molecule has 2 aromatic rings. The molecule has 2 heterocycles. The van der Waals surface area contributed by atoms with E-state index in [-0.39, 0.29) is 29.2 Å². The molecule has 2 aromatic heterocycles. The van der Waals surface area contributed by atoms with E-state index >= 15 is 0 Å². The molecule has 0 aromatic carbocycles. The number of rotatable bonds is 4. The number of hydrogen-bond donors (Lipinski definition) is 0. The van der Waals surface area contributed by atoms with Gasteiger partial charge >= 0.3 is 5.69 Å². The lowest BCUT2D eigenvalue weighted by molar-refractivity contribution is -0.137. The van der Waals surface area contributed by atoms with Gasteiger partial charge in [-0.2, -0.15) is 0 Å². The largest absolute Gasteiger partial charge is 0.336 e. The highest BCUT2D eigenvalue weighted by Crippen LogP contribution is 2.18. The van der Waals surface area contributed by atoms with Crippen LogP contribution in [-0.2, 0) is 18.9 Å². The second kappa shape index (κ2) is 6.26. The van der Waals surface area contributed by atoms with Gasteiger partial charge in [0.15, 0.2) is 11.2 Å². The molecule has 0 radical (unpaired) electrons. The molecular formula is C16H25N5O3. The lowest BCUT2D eigenvalue weighted by Gasteiger charge is -2.33. The van der Waals surface area contributed by atoms with Gasteiger partial charge in [0.25, 0.3) is 5.56 Å². The molecular weight excluding hydrogens is 310 g/mol. The van der Waals surface area contributed by atoms with Crippen LogP contribution in [0.2, 0.25) is 0 Å². The smallest absolute Gasteiger partial charge is 0.332 e. The van der Waals surface area contributed by atoms with E-state index in [4.69, 9.17) is 0 Å². The molecule has 0 saturated heterocycles. The first-order valence-corrected chi connectivity index (χ1v) is 8.04. The van der Waals surface area contributed by atoms with Gasteiger partial charge in [-0.25, -0.2) is 9.78 Å². The molecule has 1 amide bonds. The van der Waals surface area contributed by atoms with Crippen molar-refractivity contribution in [2.45, 2.75) is 52.7 Å². The highest BCUT2D eigenvalue weighted by atomic mass is 16.2. The second-order valence-electron chi connectivity index (χ2n) is 6.64. The van der Waals surface area contributed by atoms with Crippen molar-refractivity contribution >= 4 is 17.1 Å². The molecule has 1 atom stereocenters. The van der Waals surface area contributed by atoms with Gasteiger partial charge in [0.2, 0.25) is 5.91 Å². The van der Waals surface area contributed by atoms with Gasteiger partial charge in [-0.3, -0.25) is 18.7 Å². The molecule has 8 heteroatoms. The molecule has 1 unspecified atom stereocenters. The fourth-order valence-electron chi connectivity index (χ4n) is 3.10. The summed E-state index contributed by atoms with van der Waals surface area (Å²) in [7, 11) is 2.98. The lowest BCUT2D eigenvalue weighted by Crippen LogP contribution is -2.45. The molecule has 0 saturated carbocycles. The standard InChI is InChI=1S/C16H25N5O3/c1-9(2)21(10(3)4)14(22)11(5)20-8-17-13-12(20)15(23)19(7)16(24)18(13)6/h8-11H,1-7H3. The average Bonchev–Trinajstić information content (AvgIpc) is 2.94. The number of hydrogen-bond acceptors (Lipinski definition) is 4. The summed E-state index contributed by atoms with van der Waals surface area (Å²) in [6.07, 6.45) is 1.45. The number of carbonyl (C=O) groups excluding carboxylic acids is 1. The third-order valence-corrected chi connectivity index (χ3v) is 4.32. The molecule has 24 heavy (non-hydrogen) atoms. The van der Waals surface area contributed by atoms with Crippen molar-refractivity contribution in [1.29, 1.82) is 0 Å². The van der Waals surface area contributed by atoms with Crippen molar-refractivity contribution in [2.75, 3.05) is 0 Å². The van der Waals surface area contributed by atoms with E-state index in [1.807, 2.05) is 27.7 Å². The van der Waals surface area contributed by atoms with Gasteiger partial charge in [0.1, 0.15) is 6.04 Å². The van der Waals surface area contributed by atoms with E-state index in [1.54, 1.807) is 23.4 Å². The van der Waals surface area contributed by atoms with Crippen LogP contribution in [0.5, 0.6) is 0 Å². The Balaban J connectivity index is 2.64. The molecule has 0 bridgehead atoms. The first-order valence-electron chi connectivity index (χ1n) is 8.04. The second-order valence-corrected chi connectivity index (χ2v) is 6.64.